The zero-order valence-electron chi connectivity index (χ0n) is 14.1. The van der Waals surface area contributed by atoms with E-state index in [-0.39, 0.29) is 11.2 Å². The van der Waals surface area contributed by atoms with Gasteiger partial charge in [-0.2, -0.15) is 0 Å². The van der Waals surface area contributed by atoms with E-state index >= 15 is 0 Å². The molecule has 1 unspecified atom stereocenters. The van der Waals surface area contributed by atoms with Crippen molar-refractivity contribution in [3.05, 3.63) is 47.5 Å². The Balaban J connectivity index is 1.81. The van der Waals surface area contributed by atoms with Gasteiger partial charge in [-0.25, -0.2) is 0 Å². The standard InChI is InChI=1S/C18H21N3O3S/c1-23-15-9-13-14(10-16(15)24-2)20-18(25)21(17(13)19)8-7-11-3-5-12(22)6-4-11/h3-6,9-10,18-20,22,25H,7-8H2,1-2H3. The Labute approximate surface area is 152 Å². The van der Waals surface area contributed by atoms with E-state index < -0.39 is 0 Å². The number of nitrogens with one attached hydrogen (secondary N) is 2. The number of aromatic hydroxyl groups is 1. The van der Waals surface area contributed by atoms with E-state index in [0.717, 1.165) is 23.2 Å². The Kier molecular flexibility index (Phi) is 4.94. The molecule has 1 aliphatic rings. The van der Waals surface area contributed by atoms with E-state index in [1.54, 1.807) is 32.4 Å². The van der Waals surface area contributed by atoms with Crippen LogP contribution in [0, 0.1) is 5.41 Å². The van der Waals surface area contributed by atoms with Crippen molar-refractivity contribution in [2.75, 3.05) is 26.1 Å². The van der Waals surface area contributed by atoms with E-state index in [1.165, 1.54) is 0 Å². The average molecular weight is 359 g/mol. The van der Waals surface area contributed by atoms with Crippen molar-refractivity contribution in [1.29, 1.82) is 5.41 Å². The van der Waals surface area contributed by atoms with Crippen LogP contribution in [-0.4, -0.2) is 42.1 Å². The lowest BCUT2D eigenvalue weighted by Gasteiger charge is -2.37. The number of nitrogens with zero attached hydrogens (tertiary/aromatic N) is 1. The molecule has 0 aromatic heterocycles. The predicted octanol–water partition coefficient (Wildman–Crippen LogP) is 2.92. The Morgan fingerprint density at radius 1 is 1.16 bits per heavy atom. The van der Waals surface area contributed by atoms with E-state index in [0.29, 0.717) is 23.9 Å². The van der Waals surface area contributed by atoms with Gasteiger partial charge in [0.15, 0.2) is 11.5 Å². The van der Waals surface area contributed by atoms with Gasteiger partial charge in [0.05, 0.1) is 19.9 Å². The molecular formula is C18H21N3O3S. The Morgan fingerprint density at radius 2 is 1.80 bits per heavy atom. The molecule has 0 saturated carbocycles. The van der Waals surface area contributed by atoms with Gasteiger partial charge in [-0.3, -0.25) is 5.41 Å². The molecule has 1 atom stereocenters. The van der Waals surface area contributed by atoms with Gasteiger partial charge in [-0.1, -0.05) is 12.1 Å². The third-order valence-corrected chi connectivity index (χ3v) is 4.63. The number of amidine groups is 1. The Bertz CT molecular complexity index is 780. The zero-order chi connectivity index (χ0) is 18.0. The summed E-state index contributed by atoms with van der Waals surface area (Å²) in [5.74, 6) is 1.83. The summed E-state index contributed by atoms with van der Waals surface area (Å²) < 4.78 is 10.7. The Hall–Kier alpha value is -2.54. The van der Waals surface area contributed by atoms with Crippen LogP contribution in [0.5, 0.6) is 17.2 Å². The molecule has 0 aliphatic carbocycles. The van der Waals surface area contributed by atoms with Crippen molar-refractivity contribution >= 4 is 24.2 Å². The molecule has 0 amide bonds. The lowest BCUT2D eigenvalue weighted by atomic mass is 10.1. The molecule has 0 spiro atoms. The first-order valence-electron chi connectivity index (χ1n) is 7.87. The van der Waals surface area contributed by atoms with Crippen molar-refractivity contribution in [3.63, 3.8) is 0 Å². The van der Waals surface area contributed by atoms with Gasteiger partial charge in [-0.15, -0.1) is 12.6 Å². The first-order chi connectivity index (χ1) is 12.0. The number of phenolic OH excluding ortho intramolecular Hbond substituents is 1. The highest BCUT2D eigenvalue weighted by Crippen LogP contribution is 2.37. The summed E-state index contributed by atoms with van der Waals surface area (Å²) in [6, 6.07) is 10.7. The van der Waals surface area contributed by atoms with Crippen LogP contribution < -0.4 is 14.8 Å². The summed E-state index contributed by atoms with van der Waals surface area (Å²) in [6.07, 6.45) is 0.740. The number of hydrogen-bond acceptors (Lipinski definition) is 6. The van der Waals surface area contributed by atoms with Crippen LogP contribution in [0.4, 0.5) is 5.69 Å². The molecule has 1 aliphatic heterocycles. The lowest BCUT2D eigenvalue weighted by molar-refractivity contribution is 0.354. The van der Waals surface area contributed by atoms with Crippen LogP contribution in [0.25, 0.3) is 0 Å². The maximum absolute atomic E-state index is 9.37. The Morgan fingerprint density at radius 3 is 2.44 bits per heavy atom. The lowest BCUT2D eigenvalue weighted by Crippen LogP contribution is -2.46. The molecule has 132 valence electrons. The van der Waals surface area contributed by atoms with Crippen molar-refractivity contribution < 1.29 is 14.6 Å². The smallest absolute Gasteiger partial charge is 0.162 e. The third-order valence-electron chi connectivity index (χ3n) is 4.22. The number of rotatable bonds is 5. The fourth-order valence-electron chi connectivity index (χ4n) is 2.83. The molecule has 0 saturated heterocycles. The normalized spacial score (nSPS) is 16.2. The minimum atomic E-state index is -0.310. The molecule has 3 rings (SSSR count). The molecule has 0 radical (unpaired) electrons. The average Bonchev–Trinajstić information content (AvgIpc) is 2.62. The molecular weight excluding hydrogens is 338 g/mol. The minimum Gasteiger partial charge on any atom is -0.508 e. The SMILES string of the molecule is COc1cc2c(cc1OC)C(=N)N(CCc1ccc(O)cc1)C(S)N2. The van der Waals surface area contributed by atoms with Gasteiger partial charge in [0.2, 0.25) is 0 Å². The summed E-state index contributed by atoms with van der Waals surface area (Å²) in [7, 11) is 3.16. The van der Waals surface area contributed by atoms with Gasteiger partial charge >= 0.3 is 0 Å². The van der Waals surface area contributed by atoms with Crippen molar-refractivity contribution in [3.8, 4) is 17.2 Å². The molecule has 0 bridgehead atoms. The fraction of sp³-hybridized carbons (Fsp3) is 0.278. The number of fused-ring (bicyclic) bond motifs is 1. The van der Waals surface area contributed by atoms with Crippen LogP contribution in [0.15, 0.2) is 36.4 Å². The number of benzene rings is 2. The second kappa shape index (κ2) is 7.14. The maximum atomic E-state index is 9.37. The summed E-state index contributed by atoms with van der Waals surface area (Å²) in [5.41, 5.74) is 2.32. The summed E-state index contributed by atoms with van der Waals surface area (Å²) in [5, 5.41) is 21.2. The minimum absolute atomic E-state index is 0.248. The van der Waals surface area contributed by atoms with Crippen LogP contribution in [0.1, 0.15) is 11.1 Å². The van der Waals surface area contributed by atoms with Crippen molar-refractivity contribution in [2.24, 2.45) is 0 Å². The number of ether oxygens (including phenoxy) is 2. The number of methoxy groups -OCH3 is 2. The van der Waals surface area contributed by atoms with Crippen molar-refractivity contribution in [2.45, 2.75) is 11.9 Å². The van der Waals surface area contributed by atoms with Gasteiger partial charge in [0.1, 0.15) is 17.1 Å². The fourth-order valence-corrected chi connectivity index (χ4v) is 3.20. The third kappa shape index (κ3) is 3.46. The number of phenols is 1. The molecule has 6 nitrogen and oxygen atoms in total. The van der Waals surface area contributed by atoms with Crippen LogP contribution in [0.2, 0.25) is 0 Å². The summed E-state index contributed by atoms with van der Waals surface area (Å²) in [6.45, 7) is 0.624. The number of anilines is 1. The second-order valence-electron chi connectivity index (χ2n) is 5.73. The molecule has 25 heavy (non-hydrogen) atoms. The van der Waals surface area contributed by atoms with E-state index in [1.807, 2.05) is 23.1 Å². The molecule has 1 heterocycles. The largest absolute Gasteiger partial charge is 0.508 e. The zero-order valence-corrected chi connectivity index (χ0v) is 15.0. The van der Waals surface area contributed by atoms with Gasteiger partial charge in [-0.05, 0) is 30.2 Å². The number of hydrogen-bond donors (Lipinski definition) is 4. The molecule has 0 fully saturated rings. The topological polar surface area (TPSA) is 77.8 Å². The number of thiol groups is 1. The monoisotopic (exact) mass is 359 g/mol. The van der Waals surface area contributed by atoms with Crippen LogP contribution in [-0.2, 0) is 6.42 Å². The van der Waals surface area contributed by atoms with E-state index in [2.05, 4.69) is 17.9 Å². The second-order valence-corrected chi connectivity index (χ2v) is 6.22. The first kappa shape index (κ1) is 17.3. The highest BCUT2D eigenvalue weighted by atomic mass is 32.1. The molecule has 2 aromatic carbocycles. The predicted molar refractivity (Wildman–Crippen MR) is 101 cm³/mol. The maximum Gasteiger partial charge on any atom is 0.162 e. The quantitative estimate of drug-likeness (QED) is 0.618. The molecule has 2 aromatic rings. The highest BCUT2D eigenvalue weighted by molar-refractivity contribution is 7.81. The van der Waals surface area contributed by atoms with Gasteiger partial charge < -0.3 is 24.8 Å². The van der Waals surface area contributed by atoms with Gasteiger partial charge in [0.25, 0.3) is 0 Å². The summed E-state index contributed by atoms with van der Waals surface area (Å²) in [4.78, 5) is 1.88. The van der Waals surface area contributed by atoms with E-state index in [9.17, 15) is 5.11 Å². The molecule has 3 N–H and O–H groups in total. The highest BCUT2D eigenvalue weighted by Gasteiger charge is 2.28. The first-order valence-corrected chi connectivity index (χ1v) is 8.39. The van der Waals surface area contributed by atoms with Crippen LogP contribution in [0.3, 0.4) is 0 Å². The molecule has 7 heteroatoms. The van der Waals surface area contributed by atoms with Gasteiger partial charge in [0, 0.05) is 18.2 Å². The van der Waals surface area contributed by atoms with Crippen molar-refractivity contribution in [1.82, 2.24) is 4.90 Å². The van der Waals surface area contributed by atoms with E-state index in [4.69, 9.17) is 14.9 Å². The summed E-state index contributed by atoms with van der Waals surface area (Å²) >= 11 is 4.58. The van der Waals surface area contributed by atoms with Crippen LogP contribution >= 0.6 is 12.6 Å².